The summed E-state index contributed by atoms with van der Waals surface area (Å²) in [6, 6.07) is 6.47. The fourth-order valence-electron chi connectivity index (χ4n) is 1.60. The van der Waals surface area contributed by atoms with Gasteiger partial charge < -0.3 is 0 Å². The van der Waals surface area contributed by atoms with Gasteiger partial charge in [-0.3, -0.25) is 0 Å². The number of aryl methyl sites for hydroxylation is 2. The van der Waals surface area contributed by atoms with E-state index in [2.05, 4.69) is 34.1 Å². The van der Waals surface area contributed by atoms with Crippen LogP contribution in [0.15, 0.2) is 16.6 Å². The highest BCUT2D eigenvalue weighted by atomic mass is 79.9. The highest BCUT2D eigenvalue weighted by Crippen LogP contribution is 2.34. The van der Waals surface area contributed by atoms with Crippen LogP contribution in [0.1, 0.15) is 30.5 Å². The lowest BCUT2D eigenvalue weighted by molar-refractivity contribution is 0.676. The van der Waals surface area contributed by atoms with E-state index in [9.17, 15) is 0 Å². The van der Waals surface area contributed by atoms with Crippen LogP contribution in [-0.4, -0.2) is 0 Å². The third-order valence-electron chi connectivity index (χ3n) is 2.45. The van der Waals surface area contributed by atoms with E-state index in [-0.39, 0.29) is 0 Å². The maximum Gasteiger partial charge on any atom is 0.0779 e. The van der Waals surface area contributed by atoms with Gasteiger partial charge in [0.1, 0.15) is 0 Å². The van der Waals surface area contributed by atoms with E-state index < -0.39 is 5.41 Å². The van der Waals surface area contributed by atoms with Gasteiger partial charge in [0.05, 0.1) is 11.5 Å². The Balaban J connectivity index is 3.49. The third kappa shape index (κ3) is 1.83. The summed E-state index contributed by atoms with van der Waals surface area (Å²) in [6.07, 6.45) is 0. The molecule has 0 bridgehead atoms. The molecule has 0 spiro atoms. The molecule has 1 aromatic rings. The van der Waals surface area contributed by atoms with Gasteiger partial charge in [0.25, 0.3) is 0 Å². The van der Waals surface area contributed by atoms with Gasteiger partial charge in [0.15, 0.2) is 0 Å². The molecule has 2 heteroatoms. The summed E-state index contributed by atoms with van der Waals surface area (Å²) < 4.78 is 1.06. The first-order chi connectivity index (χ1) is 6.40. The second kappa shape index (κ2) is 3.74. The molecule has 0 amide bonds. The topological polar surface area (TPSA) is 23.8 Å². The Kier molecular flexibility index (Phi) is 3.01. The quantitative estimate of drug-likeness (QED) is 0.744. The predicted octanol–water partition coefficient (Wildman–Crippen LogP) is 3.87. The zero-order valence-electron chi connectivity index (χ0n) is 8.98. The van der Waals surface area contributed by atoms with Gasteiger partial charge in [-0.25, -0.2) is 0 Å². The van der Waals surface area contributed by atoms with Crippen LogP contribution in [-0.2, 0) is 5.41 Å². The maximum atomic E-state index is 9.12. The van der Waals surface area contributed by atoms with Crippen molar-refractivity contribution in [2.45, 2.75) is 33.1 Å². The van der Waals surface area contributed by atoms with Crippen LogP contribution >= 0.6 is 15.9 Å². The lowest BCUT2D eigenvalue weighted by atomic mass is 9.83. The van der Waals surface area contributed by atoms with E-state index in [4.69, 9.17) is 5.26 Å². The summed E-state index contributed by atoms with van der Waals surface area (Å²) in [5.74, 6) is 0. The van der Waals surface area contributed by atoms with Gasteiger partial charge in [0.2, 0.25) is 0 Å². The van der Waals surface area contributed by atoms with E-state index in [0.29, 0.717) is 0 Å². The minimum absolute atomic E-state index is 0.436. The molecule has 0 fully saturated rings. The summed E-state index contributed by atoms with van der Waals surface area (Å²) in [5.41, 5.74) is 3.00. The highest BCUT2D eigenvalue weighted by molar-refractivity contribution is 9.10. The van der Waals surface area contributed by atoms with Gasteiger partial charge >= 0.3 is 0 Å². The monoisotopic (exact) mass is 251 g/mol. The molecule has 0 aliphatic rings. The Morgan fingerprint density at radius 1 is 1.21 bits per heavy atom. The summed E-state index contributed by atoms with van der Waals surface area (Å²) >= 11 is 3.56. The molecule has 0 radical (unpaired) electrons. The lowest BCUT2D eigenvalue weighted by Gasteiger charge is -2.21. The first-order valence-corrected chi connectivity index (χ1v) is 5.37. The second-order valence-corrected chi connectivity index (χ2v) is 4.92. The Morgan fingerprint density at radius 2 is 1.71 bits per heavy atom. The smallest absolute Gasteiger partial charge is 0.0779 e. The molecule has 1 rings (SSSR count). The number of nitriles is 1. The van der Waals surface area contributed by atoms with Gasteiger partial charge in [-0.1, -0.05) is 28.1 Å². The molecule has 0 heterocycles. The van der Waals surface area contributed by atoms with Gasteiger partial charge in [-0.05, 0) is 44.4 Å². The van der Waals surface area contributed by atoms with Crippen LogP contribution < -0.4 is 0 Å². The van der Waals surface area contributed by atoms with Crippen LogP contribution in [0, 0.1) is 25.2 Å². The van der Waals surface area contributed by atoms with Crippen LogP contribution in [0.5, 0.6) is 0 Å². The molecule has 0 atom stereocenters. The molecular formula is C12H14BrN. The summed E-state index contributed by atoms with van der Waals surface area (Å²) in [6.45, 7) is 7.97. The molecule has 1 aromatic carbocycles. The van der Waals surface area contributed by atoms with Crippen LogP contribution in [0.4, 0.5) is 0 Å². The Labute approximate surface area is 93.9 Å². The van der Waals surface area contributed by atoms with Crippen molar-refractivity contribution in [3.05, 3.63) is 33.3 Å². The number of hydrogen-bond acceptors (Lipinski definition) is 1. The van der Waals surface area contributed by atoms with Crippen LogP contribution in [0.3, 0.4) is 0 Å². The molecule has 0 aliphatic heterocycles. The molecule has 0 N–H and O–H groups in total. The Bertz CT molecular complexity index is 400. The van der Waals surface area contributed by atoms with E-state index in [1.807, 2.05) is 27.7 Å². The molecule has 0 aromatic heterocycles. The SMILES string of the molecule is Cc1ccc(C)c(C(C)(C)C#N)c1Br. The molecule has 0 unspecified atom stereocenters. The first-order valence-electron chi connectivity index (χ1n) is 4.57. The van der Waals surface area contributed by atoms with Crippen molar-refractivity contribution in [3.63, 3.8) is 0 Å². The van der Waals surface area contributed by atoms with Crippen molar-refractivity contribution in [1.82, 2.24) is 0 Å². The largest absolute Gasteiger partial charge is 0.197 e. The second-order valence-electron chi connectivity index (χ2n) is 4.13. The van der Waals surface area contributed by atoms with Crippen molar-refractivity contribution in [1.29, 1.82) is 5.26 Å². The zero-order valence-corrected chi connectivity index (χ0v) is 10.6. The standard InChI is InChI=1S/C12H14BrN/c1-8-5-6-9(2)11(13)10(8)12(3,4)7-14/h5-6H,1-4H3. The minimum Gasteiger partial charge on any atom is -0.197 e. The lowest BCUT2D eigenvalue weighted by Crippen LogP contribution is -2.17. The average molecular weight is 252 g/mol. The predicted molar refractivity (Wildman–Crippen MR) is 62.3 cm³/mol. The number of nitrogens with zero attached hydrogens (tertiary/aromatic N) is 1. The van der Waals surface area contributed by atoms with E-state index in [1.54, 1.807) is 0 Å². The number of halogens is 1. The highest BCUT2D eigenvalue weighted by Gasteiger charge is 2.25. The van der Waals surface area contributed by atoms with Gasteiger partial charge in [-0.2, -0.15) is 5.26 Å². The van der Waals surface area contributed by atoms with E-state index >= 15 is 0 Å². The third-order valence-corrected chi connectivity index (χ3v) is 3.47. The normalized spacial score (nSPS) is 11.1. The van der Waals surface area contributed by atoms with Crippen molar-refractivity contribution < 1.29 is 0 Å². The first kappa shape index (κ1) is 11.3. The van der Waals surface area contributed by atoms with Crippen molar-refractivity contribution in [3.8, 4) is 6.07 Å². The molecule has 0 saturated carbocycles. The number of hydrogen-bond donors (Lipinski definition) is 0. The van der Waals surface area contributed by atoms with Gasteiger partial charge in [0, 0.05) is 4.47 Å². The Morgan fingerprint density at radius 3 is 2.21 bits per heavy atom. The fraction of sp³-hybridized carbons (Fsp3) is 0.417. The molecule has 74 valence electrons. The molecule has 14 heavy (non-hydrogen) atoms. The number of rotatable bonds is 1. The molecule has 0 saturated heterocycles. The molecule has 1 nitrogen and oxygen atoms in total. The van der Waals surface area contributed by atoms with Crippen molar-refractivity contribution >= 4 is 15.9 Å². The molecule has 0 aliphatic carbocycles. The average Bonchev–Trinajstić information content (AvgIpc) is 2.12. The summed E-state index contributed by atoms with van der Waals surface area (Å²) in [7, 11) is 0. The van der Waals surface area contributed by atoms with Crippen molar-refractivity contribution in [2.75, 3.05) is 0 Å². The summed E-state index contributed by atoms with van der Waals surface area (Å²) in [5, 5.41) is 9.12. The fourth-order valence-corrected chi connectivity index (χ4v) is 2.54. The zero-order chi connectivity index (χ0) is 10.9. The molecular weight excluding hydrogens is 238 g/mol. The minimum atomic E-state index is -0.436. The maximum absolute atomic E-state index is 9.12. The van der Waals surface area contributed by atoms with Crippen LogP contribution in [0.2, 0.25) is 0 Å². The Hall–Kier alpha value is -0.810. The van der Waals surface area contributed by atoms with E-state index in [1.165, 1.54) is 5.56 Å². The van der Waals surface area contributed by atoms with E-state index in [0.717, 1.165) is 15.6 Å². The summed E-state index contributed by atoms with van der Waals surface area (Å²) in [4.78, 5) is 0. The van der Waals surface area contributed by atoms with Gasteiger partial charge in [-0.15, -0.1) is 0 Å². The van der Waals surface area contributed by atoms with Crippen molar-refractivity contribution in [2.24, 2.45) is 0 Å². The van der Waals surface area contributed by atoms with Crippen LogP contribution in [0.25, 0.3) is 0 Å². The number of benzene rings is 1.